The number of nitrogens with one attached hydrogen (secondary N) is 1. The van der Waals surface area contributed by atoms with Gasteiger partial charge in [-0.3, -0.25) is 4.90 Å². The minimum Gasteiger partial charge on any atom is -0.486 e. The van der Waals surface area contributed by atoms with Crippen LogP contribution < -0.4 is 14.4 Å². The van der Waals surface area contributed by atoms with Crippen molar-refractivity contribution in [3.05, 3.63) is 53.7 Å². The molecule has 0 unspecified atom stereocenters. The first-order valence-corrected chi connectivity index (χ1v) is 10.2. The molecule has 5 rings (SSSR count). The van der Waals surface area contributed by atoms with Crippen molar-refractivity contribution in [2.45, 2.75) is 6.42 Å². The first-order chi connectivity index (χ1) is 14.3. The topological polar surface area (TPSA) is 64.5 Å². The van der Waals surface area contributed by atoms with Crippen LogP contribution in [0, 0.1) is 11.3 Å². The fourth-order valence-electron chi connectivity index (χ4n) is 4.25. The molecule has 1 aromatic heterocycles. The number of hydrogen-bond donors (Lipinski definition) is 1. The van der Waals surface area contributed by atoms with E-state index in [0.717, 1.165) is 67.2 Å². The monoisotopic (exact) mass is 388 g/mol. The van der Waals surface area contributed by atoms with Gasteiger partial charge in [0, 0.05) is 49.8 Å². The molecule has 0 bridgehead atoms. The molecule has 0 spiro atoms. The van der Waals surface area contributed by atoms with Gasteiger partial charge in [-0.15, -0.1) is 0 Å². The minimum atomic E-state index is 0.613. The maximum atomic E-state index is 9.16. The Morgan fingerprint density at radius 1 is 1.03 bits per heavy atom. The molecule has 3 aromatic rings. The maximum Gasteiger partial charge on any atom is 0.184 e. The summed E-state index contributed by atoms with van der Waals surface area (Å²) in [4.78, 5) is 8.23. The average Bonchev–Trinajstić information content (AvgIpc) is 3.20. The lowest BCUT2D eigenvalue weighted by molar-refractivity contribution is 0.171. The molecule has 6 nitrogen and oxygen atoms in total. The average molecular weight is 388 g/mol. The van der Waals surface area contributed by atoms with Gasteiger partial charge < -0.3 is 19.4 Å². The Kier molecular flexibility index (Phi) is 4.74. The van der Waals surface area contributed by atoms with Crippen LogP contribution in [0.25, 0.3) is 10.9 Å². The molecule has 0 radical (unpaired) electrons. The predicted molar refractivity (Wildman–Crippen MR) is 113 cm³/mol. The van der Waals surface area contributed by atoms with Crippen LogP contribution in [0.5, 0.6) is 11.5 Å². The number of fused-ring (bicyclic) bond motifs is 2. The zero-order valence-corrected chi connectivity index (χ0v) is 16.4. The molecule has 0 saturated carbocycles. The van der Waals surface area contributed by atoms with E-state index >= 15 is 0 Å². The first-order valence-electron chi connectivity index (χ1n) is 10.2. The lowest BCUT2D eigenvalue weighted by Crippen LogP contribution is -2.47. The van der Waals surface area contributed by atoms with E-state index in [-0.39, 0.29) is 0 Å². The van der Waals surface area contributed by atoms with Crippen molar-refractivity contribution in [3.8, 4) is 17.6 Å². The van der Waals surface area contributed by atoms with Gasteiger partial charge in [0.15, 0.2) is 11.5 Å². The predicted octanol–water partition coefficient (Wildman–Crippen LogP) is 3.18. The van der Waals surface area contributed by atoms with Crippen molar-refractivity contribution < 1.29 is 9.47 Å². The highest BCUT2D eigenvalue weighted by molar-refractivity contribution is 5.84. The molecule has 6 heteroatoms. The van der Waals surface area contributed by atoms with Gasteiger partial charge in [0.2, 0.25) is 0 Å². The van der Waals surface area contributed by atoms with Crippen LogP contribution in [-0.2, 0) is 6.42 Å². The van der Waals surface area contributed by atoms with Crippen LogP contribution in [0.1, 0.15) is 11.1 Å². The number of ether oxygens (including phenoxy) is 2. The highest BCUT2D eigenvalue weighted by atomic mass is 16.6. The number of H-pyrrole nitrogens is 1. The molecule has 3 heterocycles. The highest BCUT2D eigenvalue weighted by Gasteiger charge is 2.23. The van der Waals surface area contributed by atoms with E-state index in [1.807, 2.05) is 30.3 Å². The summed E-state index contributed by atoms with van der Waals surface area (Å²) in [6, 6.07) is 14.2. The van der Waals surface area contributed by atoms with Crippen LogP contribution in [-0.4, -0.2) is 55.8 Å². The molecule has 2 aliphatic rings. The molecule has 0 atom stereocenters. The summed E-state index contributed by atoms with van der Waals surface area (Å²) < 4.78 is 11.6. The first kappa shape index (κ1) is 17.9. The van der Waals surface area contributed by atoms with E-state index in [4.69, 9.17) is 14.7 Å². The van der Waals surface area contributed by atoms with Crippen molar-refractivity contribution in [1.82, 2.24) is 9.88 Å². The summed E-state index contributed by atoms with van der Waals surface area (Å²) in [5, 5.41) is 10.3. The normalized spacial score (nSPS) is 16.7. The van der Waals surface area contributed by atoms with E-state index in [1.165, 1.54) is 5.56 Å². The quantitative estimate of drug-likeness (QED) is 0.744. The van der Waals surface area contributed by atoms with Gasteiger partial charge in [0.1, 0.15) is 13.2 Å². The third kappa shape index (κ3) is 3.50. The second-order valence-corrected chi connectivity index (χ2v) is 7.57. The Bertz CT molecular complexity index is 1060. The molecule has 148 valence electrons. The fraction of sp³-hybridized carbons (Fsp3) is 0.348. The molecule has 0 aliphatic carbocycles. The van der Waals surface area contributed by atoms with E-state index in [2.05, 4.69) is 33.1 Å². The van der Waals surface area contributed by atoms with Crippen LogP contribution in [0.2, 0.25) is 0 Å². The van der Waals surface area contributed by atoms with E-state index < -0.39 is 0 Å². The SMILES string of the molecule is N#Cc1ccc2[nH]cc(CCN3CCN(c4cccc5c4OCCO5)CC3)c2c1. The number of anilines is 1. The summed E-state index contributed by atoms with van der Waals surface area (Å²) in [7, 11) is 0. The van der Waals surface area contributed by atoms with Gasteiger partial charge in [-0.25, -0.2) is 0 Å². The Balaban J connectivity index is 1.22. The molecular formula is C23H24N4O2. The van der Waals surface area contributed by atoms with Gasteiger partial charge in [0.05, 0.1) is 17.3 Å². The Morgan fingerprint density at radius 3 is 2.76 bits per heavy atom. The number of hydrogen-bond acceptors (Lipinski definition) is 5. The number of para-hydroxylation sites is 1. The number of rotatable bonds is 4. The third-order valence-corrected chi connectivity index (χ3v) is 5.85. The summed E-state index contributed by atoms with van der Waals surface area (Å²) in [6.45, 7) is 6.26. The highest BCUT2D eigenvalue weighted by Crippen LogP contribution is 2.39. The number of benzene rings is 2. The molecule has 2 aliphatic heterocycles. The van der Waals surface area contributed by atoms with Crippen molar-refractivity contribution >= 4 is 16.6 Å². The molecule has 1 fully saturated rings. The van der Waals surface area contributed by atoms with Crippen LogP contribution >= 0.6 is 0 Å². The number of nitrogens with zero attached hydrogens (tertiary/aromatic N) is 3. The maximum absolute atomic E-state index is 9.16. The Hall–Kier alpha value is -3.17. The van der Waals surface area contributed by atoms with Crippen LogP contribution in [0.4, 0.5) is 5.69 Å². The molecule has 1 N–H and O–H groups in total. The lowest BCUT2D eigenvalue weighted by Gasteiger charge is -2.37. The van der Waals surface area contributed by atoms with E-state index in [0.29, 0.717) is 18.8 Å². The van der Waals surface area contributed by atoms with Crippen LogP contribution in [0.3, 0.4) is 0 Å². The molecular weight excluding hydrogens is 364 g/mol. The smallest absolute Gasteiger partial charge is 0.184 e. The number of aromatic nitrogens is 1. The summed E-state index contributed by atoms with van der Waals surface area (Å²) in [5.41, 5.74) is 4.23. The third-order valence-electron chi connectivity index (χ3n) is 5.85. The van der Waals surface area contributed by atoms with E-state index in [9.17, 15) is 0 Å². The second kappa shape index (κ2) is 7.69. The molecule has 0 amide bonds. The van der Waals surface area contributed by atoms with Gasteiger partial charge in [-0.2, -0.15) is 5.26 Å². The van der Waals surface area contributed by atoms with Crippen molar-refractivity contribution in [3.63, 3.8) is 0 Å². The summed E-state index contributed by atoms with van der Waals surface area (Å²) in [5.74, 6) is 1.74. The molecule has 29 heavy (non-hydrogen) atoms. The van der Waals surface area contributed by atoms with Gasteiger partial charge in [-0.05, 0) is 42.3 Å². The Labute approximate surface area is 170 Å². The summed E-state index contributed by atoms with van der Waals surface area (Å²) in [6.07, 6.45) is 3.06. The van der Waals surface area contributed by atoms with Crippen molar-refractivity contribution in [2.75, 3.05) is 50.8 Å². The lowest BCUT2D eigenvalue weighted by atomic mass is 10.1. The molecule has 1 saturated heterocycles. The van der Waals surface area contributed by atoms with Gasteiger partial charge in [0.25, 0.3) is 0 Å². The number of aromatic amines is 1. The zero-order chi connectivity index (χ0) is 19.6. The fourth-order valence-corrected chi connectivity index (χ4v) is 4.25. The minimum absolute atomic E-state index is 0.613. The van der Waals surface area contributed by atoms with Gasteiger partial charge in [-0.1, -0.05) is 6.07 Å². The van der Waals surface area contributed by atoms with Crippen molar-refractivity contribution in [1.29, 1.82) is 5.26 Å². The second-order valence-electron chi connectivity index (χ2n) is 7.57. The molecule has 2 aromatic carbocycles. The van der Waals surface area contributed by atoms with Crippen molar-refractivity contribution in [2.24, 2.45) is 0 Å². The largest absolute Gasteiger partial charge is 0.486 e. The van der Waals surface area contributed by atoms with Gasteiger partial charge >= 0.3 is 0 Å². The number of nitriles is 1. The van der Waals surface area contributed by atoms with E-state index in [1.54, 1.807) is 0 Å². The Morgan fingerprint density at radius 2 is 1.90 bits per heavy atom. The van der Waals surface area contributed by atoms with Crippen LogP contribution in [0.15, 0.2) is 42.6 Å². The zero-order valence-electron chi connectivity index (χ0n) is 16.4. The number of piperazine rings is 1. The standard InChI is InChI=1S/C23H24N4O2/c24-15-17-4-5-20-19(14-17)18(16-25-20)6-7-26-8-10-27(11-9-26)21-2-1-3-22-23(21)29-13-12-28-22/h1-5,14,16,25H,6-13H2. The summed E-state index contributed by atoms with van der Waals surface area (Å²) >= 11 is 0.